The highest BCUT2D eigenvalue weighted by molar-refractivity contribution is 5.02. The molecule has 0 aromatic carbocycles. The van der Waals surface area contributed by atoms with E-state index in [9.17, 15) is 10.3 Å². The summed E-state index contributed by atoms with van der Waals surface area (Å²) in [5.74, 6) is 0. The SMILES string of the molecule is C=C[N+]([O-])=NCCCCCCCCn1cc(C(C)(C)O)nn1. The maximum absolute atomic E-state index is 10.8. The first-order valence-electron chi connectivity index (χ1n) is 7.83. The van der Waals surface area contributed by atoms with Crippen molar-refractivity contribution < 1.29 is 9.97 Å². The Balaban J connectivity index is 2.04. The Labute approximate surface area is 131 Å². The van der Waals surface area contributed by atoms with Gasteiger partial charge in [-0.3, -0.25) is 4.68 Å². The summed E-state index contributed by atoms with van der Waals surface area (Å²) in [6, 6.07) is 0. The van der Waals surface area contributed by atoms with Crippen LogP contribution in [0.4, 0.5) is 0 Å². The van der Waals surface area contributed by atoms with Crippen LogP contribution in [-0.4, -0.2) is 31.5 Å². The largest absolute Gasteiger partial charge is 0.595 e. The summed E-state index contributed by atoms with van der Waals surface area (Å²) in [6.07, 6.45) is 9.47. The first-order chi connectivity index (χ1) is 10.4. The quantitative estimate of drug-likeness (QED) is 0.294. The van der Waals surface area contributed by atoms with Crippen LogP contribution in [0, 0.1) is 5.21 Å². The van der Waals surface area contributed by atoms with Crippen molar-refractivity contribution in [2.45, 2.75) is 64.5 Å². The van der Waals surface area contributed by atoms with E-state index in [2.05, 4.69) is 22.0 Å². The second-order valence-corrected chi connectivity index (χ2v) is 5.90. The van der Waals surface area contributed by atoms with Crippen LogP contribution in [-0.2, 0) is 12.1 Å². The molecule has 7 nitrogen and oxygen atoms in total. The highest BCUT2D eigenvalue weighted by Gasteiger charge is 2.19. The standard InChI is InChI=1S/C15H27N5O2/c1-4-20(22)16-11-9-7-5-6-8-10-12-19-13-14(17-18-19)15(2,3)21/h4,13,21H,1,5-12H2,2-3H3. The normalized spacial score (nSPS) is 12.6. The predicted octanol–water partition coefficient (Wildman–Crippen LogP) is 2.95. The molecular weight excluding hydrogens is 282 g/mol. The predicted molar refractivity (Wildman–Crippen MR) is 84.1 cm³/mol. The van der Waals surface area contributed by atoms with Gasteiger partial charge in [-0.15, -0.1) is 5.10 Å². The van der Waals surface area contributed by atoms with Crippen LogP contribution < -0.4 is 0 Å². The van der Waals surface area contributed by atoms with Crippen molar-refractivity contribution in [1.29, 1.82) is 0 Å². The molecule has 0 spiro atoms. The number of rotatable bonds is 11. The lowest BCUT2D eigenvalue weighted by Gasteiger charge is -2.11. The van der Waals surface area contributed by atoms with Crippen molar-refractivity contribution in [3.8, 4) is 0 Å². The Morgan fingerprint density at radius 1 is 1.32 bits per heavy atom. The molecule has 1 rings (SSSR count). The van der Waals surface area contributed by atoms with Gasteiger partial charge in [0, 0.05) is 6.54 Å². The van der Waals surface area contributed by atoms with Crippen LogP contribution >= 0.6 is 0 Å². The van der Waals surface area contributed by atoms with Crippen molar-refractivity contribution >= 4 is 0 Å². The van der Waals surface area contributed by atoms with Gasteiger partial charge in [0.25, 0.3) is 0 Å². The van der Waals surface area contributed by atoms with Gasteiger partial charge in [0.2, 0.25) is 6.20 Å². The Morgan fingerprint density at radius 3 is 2.55 bits per heavy atom. The Morgan fingerprint density at radius 2 is 1.95 bits per heavy atom. The number of aromatic nitrogens is 3. The third-order valence-corrected chi connectivity index (χ3v) is 3.36. The van der Waals surface area contributed by atoms with E-state index in [-0.39, 0.29) is 0 Å². The fourth-order valence-corrected chi connectivity index (χ4v) is 2.01. The molecule has 22 heavy (non-hydrogen) atoms. The van der Waals surface area contributed by atoms with E-state index in [1.54, 1.807) is 24.7 Å². The van der Waals surface area contributed by atoms with Crippen molar-refractivity contribution in [1.82, 2.24) is 15.0 Å². The summed E-state index contributed by atoms with van der Waals surface area (Å²) < 4.78 is 1.78. The molecule has 0 aliphatic heterocycles. The molecule has 0 unspecified atom stereocenters. The lowest BCUT2D eigenvalue weighted by atomic mass is 10.1. The van der Waals surface area contributed by atoms with Crippen LogP contribution in [0.5, 0.6) is 0 Å². The van der Waals surface area contributed by atoms with Gasteiger partial charge in [-0.2, -0.15) is 0 Å². The topological polar surface area (TPSA) is 89.4 Å². The zero-order chi connectivity index (χ0) is 16.4. The fourth-order valence-electron chi connectivity index (χ4n) is 2.01. The number of unbranched alkanes of at least 4 members (excludes halogenated alkanes) is 5. The van der Waals surface area contributed by atoms with Crippen molar-refractivity contribution in [2.75, 3.05) is 6.54 Å². The van der Waals surface area contributed by atoms with Crippen LogP contribution in [0.15, 0.2) is 24.1 Å². The molecule has 1 N–H and O–H groups in total. The van der Waals surface area contributed by atoms with E-state index in [1.165, 1.54) is 0 Å². The Kier molecular flexibility index (Phi) is 7.73. The molecule has 0 atom stereocenters. The van der Waals surface area contributed by atoms with Gasteiger partial charge in [0.15, 0.2) is 0 Å². The molecule has 0 aliphatic carbocycles. The molecule has 1 aromatic heterocycles. The molecule has 0 fully saturated rings. The van der Waals surface area contributed by atoms with E-state index in [1.807, 2.05) is 0 Å². The molecule has 0 bridgehead atoms. The third kappa shape index (κ3) is 7.31. The first-order valence-corrected chi connectivity index (χ1v) is 7.83. The van der Waals surface area contributed by atoms with Crippen LogP contribution in [0.25, 0.3) is 0 Å². The Hall–Kier alpha value is -1.76. The van der Waals surface area contributed by atoms with Gasteiger partial charge in [-0.05, 0) is 38.4 Å². The summed E-state index contributed by atoms with van der Waals surface area (Å²) in [4.78, 5) is 0.514. The smallest absolute Gasteiger partial charge is 0.202 e. The number of hydrogen-bond donors (Lipinski definition) is 1. The maximum Gasteiger partial charge on any atom is 0.202 e. The first kappa shape index (κ1) is 18.3. The van der Waals surface area contributed by atoms with Crippen LogP contribution in [0.3, 0.4) is 0 Å². The summed E-state index contributed by atoms with van der Waals surface area (Å²) in [5.41, 5.74) is -0.336. The lowest BCUT2D eigenvalue weighted by Crippen LogP contribution is -2.15. The zero-order valence-corrected chi connectivity index (χ0v) is 13.6. The monoisotopic (exact) mass is 309 g/mol. The van der Waals surface area contributed by atoms with Gasteiger partial charge in [0.1, 0.15) is 17.8 Å². The summed E-state index contributed by atoms with van der Waals surface area (Å²) in [7, 11) is 0. The molecule has 7 heteroatoms. The summed E-state index contributed by atoms with van der Waals surface area (Å²) >= 11 is 0. The molecule has 0 amide bonds. The number of aryl methyl sites for hydroxylation is 1. The summed E-state index contributed by atoms with van der Waals surface area (Å²) in [6.45, 7) is 8.14. The lowest BCUT2D eigenvalue weighted by molar-refractivity contribution is -0.458. The summed E-state index contributed by atoms with van der Waals surface area (Å²) in [5, 5.41) is 32.4. The molecule has 0 saturated carbocycles. The van der Waals surface area contributed by atoms with E-state index in [0.717, 1.165) is 51.3 Å². The Bertz CT molecular complexity index is 477. The number of aliphatic hydroxyl groups is 1. The molecular formula is C15H27N5O2. The van der Waals surface area contributed by atoms with Gasteiger partial charge in [-0.25, -0.2) is 0 Å². The molecule has 124 valence electrons. The van der Waals surface area contributed by atoms with Gasteiger partial charge >= 0.3 is 0 Å². The second kappa shape index (κ2) is 9.30. The van der Waals surface area contributed by atoms with E-state index in [4.69, 9.17) is 0 Å². The average Bonchev–Trinajstić information content (AvgIpc) is 2.94. The molecule has 0 saturated heterocycles. The molecule has 0 aliphatic rings. The van der Waals surface area contributed by atoms with Crippen molar-refractivity contribution in [2.24, 2.45) is 5.11 Å². The number of hydroxylamine groups is 1. The minimum absolute atomic E-state index is 0.514. The molecule has 1 aromatic rings. The number of hydrogen-bond acceptors (Lipinski definition) is 5. The minimum Gasteiger partial charge on any atom is -0.595 e. The van der Waals surface area contributed by atoms with Crippen LogP contribution in [0.2, 0.25) is 0 Å². The van der Waals surface area contributed by atoms with Crippen molar-refractivity contribution in [3.63, 3.8) is 0 Å². The van der Waals surface area contributed by atoms with Crippen LogP contribution in [0.1, 0.15) is 58.1 Å². The minimum atomic E-state index is -0.936. The van der Waals surface area contributed by atoms with Crippen molar-refractivity contribution in [3.05, 3.63) is 29.9 Å². The second-order valence-electron chi connectivity index (χ2n) is 5.90. The van der Waals surface area contributed by atoms with E-state index >= 15 is 0 Å². The van der Waals surface area contributed by atoms with E-state index < -0.39 is 5.60 Å². The third-order valence-electron chi connectivity index (χ3n) is 3.36. The number of azo groups is 1. The maximum atomic E-state index is 10.8. The fraction of sp³-hybridized carbons (Fsp3) is 0.733. The van der Waals surface area contributed by atoms with Gasteiger partial charge in [0.05, 0.1) is 6.20 Å². The zero-order valence-electron chi connectivity index (χ0n) is 13.6. The molecule has 1 heterocycles. The highest BCUT2D eigenvalue weighted by atomic mass is 16.5. The van der Waals surface area contributed by atoms with Gasteiger partial charge in [-0.1, -0.05) is 35.8 Å². The highest BCUT2D eigenvalue weighted by Crippen LogP contribution is 2.16. The average molecular weight is 309 g/mol. The number of nitrogens with zero attached hydrogens (tertiary/aromatic N) is 5. The van der Waals surface area contributed by atoms with Gasteiger partial charge < -0.3 is 10.3 Å². The molecule has 0 radical (unpaired) electrons. The van der Waals surface area contributed by atoms with E-state index in [0.29, 0.717) is 17.1 Å².